The van der Waals surface area contributed by atoms with E-state index in [1.807, 2.05) is 12.1 Å². The lowest BCUT2D eigenvalue weighted by Gasteiger charge is -2.39. The van der Waals surface area contributed by atoms with E-state index >= 15 is 0 Å². The largest absolute Gasteiger partial charge is 0.508 e. The van der Waals surface area contributed by atoms with Gasteiger partial charge >= 0.3 is 0 Å². The predicted octanol–water partition coefficient (Wildman–Crippen LogP) is 4.33. The molecule has 1 fully saturated rings. The Morgan fingerprint density at radius 1 is 1.20 bits per heavy atom. The van der Waals surface area contributed by atoms with E-state index in [-0.39, 0.29) is 0 Å². The van der Waals surface area contributed by atoms with Crippen LogP contribution in [0.15, 0.2) is 18.2 Å². The van der Waals surface area contributed by atoms with Crippen LogP contribution in [0.25, 0.3) is 0 Å². The standard InChI is InChI=1S/C18H27NO/c1-18(2)10-4-6-14(12-18)19-17-7-3-5-13-8-9-15(20)11-16(13)17/h8-9,11,14,17,19-20H,3-7,10,12H2,1-2H3. The van der Waals surface area contributed by atoms with Gasteiger partial charge in [0.15, 0.2) is 0 Å². The number of rotatable bonds is 2. The van der Waals surface area contributed by atoms with Gasteiger partial charge in [0.05, 0.1) is 0 Å². The van der Waals surface area contributed by atoms with Gasteiger partial charge in [0.2, 0.25) is 0 Å². The van der Waals surface area contributed by atoms with Crippen molar-refractivity contribution in [2.75, 3.05) is 0 Å². The minimum atomic E-state index is 0.404. The fourth-order valence-corrected chi connectivity index (χ4v) is 4.08. The smallest absolute Gasteiger partial charge is 0.115 e. The van der Waals surface area contributed by atoms with Crippen molar-refractivity contribution in [1.29, 1.82) is 0 Å². The zero-order chi connectivity index (χ0) is 14.2. The van der Waals surface area contributed by atoms with Crippen molar-refractivity contribution >= 4 is 0 Å². The molecule has 0 saturated heterocycles. The van der Waals surface area contributed by atoms with Crippen LogP contribution in [0.2, 0.25) is 0 Å². The third kappa shape index (κ3) is 3.01. The lowest BCUT2D eigenvalue weighted by molar-refractivity contribution is 0.185. The summed E-state index contributed by atoms with van der Waals surface area (Å²) in [5.41, 5.74) is 3.23. The number of aryl methyl sites for hydroxylation is 1. The molecule has 20 heavy (non-hydrogen) atoms. The van der Waals surface area contributed by atoms with Gasteiger partial charge in [0.1, 0.15) is 5.75 Å². The average molecular weight is 273 g/mol. The summed E-state index contributed by atoms with van der Waals surface area (Å²) in [4.78, 5) is 0. The van der Waals surface area contributed by atoms with Crippen molar-refractivity contribution in [2.45, 2.75) is 70.9 Å². The maximum atomic E-state index is 9.77. The van der Waals surface area contributed by atoms with Crippen LogP contribution < -0.4 is 5.32 Å². The Kier molecular flexibility index (Phi) is 3.76. The topological polar surface area (TPSA) is 32.3 Å². The van der Waals surface area contributed by atoms with Crippen LogP contribution in [0, 0.1) is 5.41 Å². The van der Waals surface area contributed by atoms with Crippen LogP contribution in [-0.2, 0) is 6.42 Å². The lowest BCUT2D eigenvalue weighted by atomic mass is 9.74. The van der Waals surface area contributed by atoms with E-state index in [9.17, 15) is 5.11 Å². The molecule has 3 rings (SSSR count). The number of aromatic hydroxyl groups is 1. The Labute approximate surface area is 122 Å². The van der Waals surface area contributed by atoms with E-state index in [0.717, 1.165) is 6.42 Å². The maximum absolute atomic E-state index is 9.77. The second kappa shape index (κ2) is 5.40. The number of benzene rings is 1. The van der Waals surface area contributed by atoms with Crippen LogP contribution in [0.1, 0.15) is 69.5 Å². The second-order valence-electron chi connectivity index (χ2n) is 7.45. The van der Waals surface area contributed by atoms with Crippen LogP contribution in [-0.4, -0.2) is 11.1 Å². The lowest BCUT2D eigenvalue weighted by Crippen LogP contribution is -2.40. The first kappa shape index (κ1) is 13.9. The van der Waals surface area contributed by atoms with Crippen LogP contribution >= 0.6 is 0 Å². The van der Waals surface area contributed by atoms with E-state index in [4.69, 9.17) is 0 Å². The molecule has 2 unspecified atom stereocenters. The summed E-state index contributed by atoms with van der Waals surface area (Å²) < 4.78 is 0. The highest BCUT2D eigenvalue weighted by molar-refractivity contribution is 5.38. The molecule has 2 heteroatoms. The first-order valence-corrected chi connectivity index (χ1v) is 8.11. The molecule has 1 saturated carbocycles. The molecule has 0 amide bonds. The molecular weight excluding hydrogens is 246 g/mol. The number of fused-ring (bicyclic) bond motifs is 1. The van der Waals surface area contributed by atoms with Gasteiger partial charge in [-0.3, -0.25) is 0 Å². The summed E-state index contributed by atoms with van der Waals surface area (Å²) in [6, 6.07) is 6.97. The SMILES string of the molecule is CC1(C)CCCC(NC2CCCc3ccc(O)cc32)C1. The van der Waals surface area contributed by atoms with Gasteiger partial charge in [-0.15, -0.1) is 0 Å². The van der Waals surface area contributed by atoms with E-state index in [0.29, 0.717) is 23.2 Å². The highest BCUT2D eigenvalue weighted by Crippen LogP contribution is 2.38. The van der Waals surface area contributed by atoms with Crippen LogP contribution in [0.5, 0.6) is 5.75 Å². The molecule has 0 radical (unpaired) electrons. The molecular formula is C18H27NO. The normalized spacial score (nSPS) is 28.9. The van der Waals surface area contributed by atoms with Gasteiger partial charge in [-0.25, -0.2) is 0 Å². The quantitative estimate of drug-likeness (QED) is 0.840. The third-order valence-electron chi connectivity index (χ3n) is 5.09. The second-order valence-corrected chi connectivity index (χ2v) is 7.45. The Hall–Kier alpha value is -1.02. The molecule has 1 aromatic rings. The van der Waals surface area contributed by atoms with Crippen molar-refractivity contribution in [3.05, 3.63) is 29.3 Å². The minimum absolute atomic E-state index is 0.404. The molecule has 0 spiro atoms. The van der Waals surface area contributed by atoms with Crippen molar-refractivity contribution in [3.8, 4) is 5.75 Å². The Morgan fingerprint density at radius 3 is 2.85 bits per heavy atom. The summed E-state index contributed by atoms with van der Waals surface area (Å²) >= 11 is 0. The highest BCUT2D eigenvalue weighted by Gasteiger charge is 2.30. The summed E-state index contributed by atoms with van der Waals surface area (Å²) in [5, 5.41) is 13.7. The van der Waals surface area contributed by atoms with Gasteiger partial charge in [0, 0.05) is 12.1 Å². The van der Waals surface area contributed by atoms with Crippen molar-refractivity contribution in [2.24, 2.45) is 5.41 Å². The van der Waals surface area contributed by atoms with Crippen molar-refractivity contribution in [1.82, 2.24) is 5.32 Å². The number of nitrogens with one attached hydrogen (secondary N) is 1. The number of hydrogen-bond acceptors (Lipinski definition) is 2. The zero-order valence-electron chi connectivity index (χ0n) is 12.8. The molecule has 2 N–H and O–H groups in total. The Bertz CT molecular complexity index is 480. The maximum Gasteiger partial charge on any atom is 0.115 e. The minimum Gasteiger partial charge on any atom is -0.508 e. The molecule has 2 atom stereocenters. The molecule has 0 aromatic heterocycles. The molecule has 0 bridgehead atoms. The highest BCUT2D eigenvalue weighted by atomic mass is 16.3. The molecule has 110 valence electrons. The zero-order valence-corrected chi connectivity index (χ0v) is 12.8. The molecule has 0 heterocycles. The van der Waals surface area contributed by atoms with Crippen molar-refractivity contribution < 1.29 is 5.11 Å². The molecule has 2 aliphatic carbocycles. The number of hydrogen-bond donors (Lipinski definition) is 2. The number of phenols is 1. The van der Waals surface area contributed by atoms with E-state index in [1.165, 1.54) is 49.7 Å². The predicted molar refractivity (Wildman–Crippen MR) is 83.0 cm³/mol. The first-order valence-electron chi connectivity index (χ1n) is 8.11. The fraction of sp³-hybridized carbons (Fsp3) is 0.667. The molecule has 0 aliphatic heterocycles. The molecule has 2 nitrogen and oxygen atoms in total. The van der Waals surface area contributed by atoms with Crippen molar-refractivity contribution in [3.63, 3.8) is 0 Å². The monoisotopic (exact) mass is 273 g/mol. The van der Waals surface area contributed by atoms with Crippen LogP contribution in [0.4, 0.5) is 0 Å². The van der Waals surface area contributed by atoms with Gasteiger partial charge in [-0.2, -0.15) is 0 Å². The van der Waals surface area contributed by atoms with Gasteiger partial charge in [-0.05, 0) is 67.2 Å². The summed E-state index contributed by atoms with van der Waals surface area (Å²) in [7, 11) is 0. The Morgan fingerprint density at radius 2 is 2.05 bits per heavy atom. The van der Waals surface area contributed by atoms with Gasteiger partial charge in [-0.1, -0.05) is 26.3 Å². The third-order valence-corrected chi connectivity index (χ3v) is 5.09. The molecule has 1 aromatic carbocycles. The first-order chi connectivity index (χ1) is 9.53. The summed E-state index contributed by atoms with van der Waals surface area (Å²) in [6.07, 6.45) is 8.88. The summed E-state index contributed by atoms with van der Waals surface area (Å²) in [6.45, 7) is 4.78. The van der Waals surface area contributed by atoms with E-state index in [1.54, 1.807) is 0 Å². The Balaban J connectivity index is 1.74. The average Bonchev–Trinajstić information content (AvgIpc) is 2.38. The molecule has 2 aliphatic rings. The van der Waals surface area contributed by atoms with Gasteiger partial charge < -0.3 is 10.4 Å². The number of phenolic OH excluding ortho intramolecular Hbond substituents is 1. The van der Waals surface area contributed by atoms with Crippen LogP contribution in [0.3, 0.4) is 0 Å². The summed E-state index contributed by atoms with van der Waals surface area (Å²) in [5.74, 6) is 0.404. The van der Waals surface area contributed by atoms with E-state index in [2.05, 4.69) is 25.2 Å². The fourth-order valence-electron chi connectivity index (χ4n) is 4.08. The van der Waals surface area contributed by atoms with Gasteiger partial charge in [0.25, 0.3) is 0 Å². The van der Waals surface area contributed by atoms with E-state index < -0.39 is 0 Å².